The number of thiophene rings is 1. The van der Waals surface area contributed by atoms with Gasteiger partial charge in [0.05, 0.1) is 11.5 Å². The number of carbonyl (C=O) groups is 1. The molecule has 1 aromatic carbocycles. The summed E-state index contributed by atoms with van der Waals surface area (Å²) >= 11 is 1.46. The van der Waals surface area contributed by atoms with Crippen LogP contribution in [0, 0.1) is 0 Å². The standard InChI is InChI=1S/C19H22O2S/c1-2-3-4-5-14-21-17-11-8-16(9-12-17)10-13-18(20)19-7-6-15-22-19/h6-13,15H,2-5,14H2,1H3/b13-10+. The molecule has 0 radical (unpaired) electrons. The van der Waals surface area contributed by atoms with Crippen LogP contribution in [0.2, 0.25) is 0 Å². The molecule has 1 aromatic heterocycles. The van der Waals surface area contributed by atoms with Gasteiger partial charge in [-0.05, 0) is 41.6 Å². The van der Waals surface area contributed by atoms with E-state index < -0.39 is 0 Å². The minimum Gasteiger partial charge on any atom is -0.494 e. The van der Waals surface area contributed by atoms with Crippen molar-refractivity contribution in [2.24, 2.45) is 0 Å². The molecule has 2 nitrogen and oxygen atoms in total. The minimum absolute atomic E-state index is 0.0475. The molecule has 0 unspecified atom stereocenters. The van der Waals surface area contributed by atoms with Crippen LogP contribution in [0.1, 0.15) is 47.8 Å². The van der Waals surface area contributed by atoms with Crippen LogP contribution in [0.15, 0.2) is 47.9 Å². The zero-order chi connectivity index (χ0) is 15.6. The first-order chi connectivity index (χ1) is 10.8. The van der Waals surface area contributed by atoms with Crippen LogP contribution in [0.25, 0.3) is 6.08 Å². The number of hydrogen-bond donors (Lipinski definition) is 0. The quantitative estimate of drug-likeness (QED) is 0.342. The Kier molecular flexibility index (Phi) is 6.91. The third-order valence-corrected chi connectivity index (χ3v) is 4.22. The molecule has 0 N–H and O–H groups in total. The summed E-state index contributed by atoms with van der Waals surface area (Å²) in [5.74, 6) is 0.935. The lowest BCUT2D eigenvalue weighted by Crippen LogP contribution is -1.97. The number of ketones is 1. The van der Waals surface area contributed by atoms with Crippen molar-refractivity contribution >= 4 is 23.2 Å². The maximum absolute atomic E-state index is 11.9. The van der Waals surface area contributed by atoms with Crippen LogP contribution in [-0.4, -0.2) is 12.4 Å². The largest absolute Gasteiger partial charge is 0.494 e. The van der Waals surface area contributed by atoms with Gasteiger partial charge in [-0.15, -0.1) is 11.3 Å². The SMILES string of the molecule is CCCCCCOc1ccc(/C=C/C(=O)c2cccs2)cc1. The highest BCUT2D eigenvalue weighted by Gasteiger charge is 2.01. The van der Waals surface area contributed by atoms with E-state index in [1.165, 1.54) is 30.6 Å². The molecule has 0 saturated heterocycles. The molecule has 0 amide bonds. The lowest BCUT2D eigenvalue weighted by molar-refractivity contribution is 0.105. The monoisotopic (exact) mass is 314 g/mol. The Morgan fingerprint density at radius 1 is 1.14 bits per heavy atom. The average Bonchev–Trinajstić information content (AvgIpc) is 3.08. The van der Waals surface area contributed by atoms with Gasteiger partial charge in [-0.3, -0.25) is 4.79 Å². The number of benzene rings is 1. The molecule has 0 bridgehead atoms. The van der Waals surface area contributed by atoms with Crippen molar-refractivity contribution in [3.8, 4) is 5.75 Å². The van der Waals surface area contributed by atoms with E-state index in [0.717, 1.165) is 29.2 Å². The van der Waals surface area contributed by atoms with Crippen LogP contribution in [-0.2, 0) is 0 Å². The van der Waals surface area contributed by atoms with Crippen LogP contribution in [0.4, 0.5) is 0 Å². The molecule has 0 atom stereocenters. The van der Waals surface area contributed by atoms with Crippen molar-refractivity contribution in [2.75, 3.05) is 6.61 Å². The molecule has 2 rings (SSSR count). The number of carbonyl (C=O) groups excluding carboxylic acids is 1. The zero-order valence-corrected chi connectivity index (χ0v) is 13.8. The summed E-state index contributed by atoms with van der Waals surface area (Å²) < 4.78 is 5.70. The second kappa shape index (κ2) is 9.21. The molecule has 0 fully saturated rings. The Morgan fingerprint density at radius 3 is 2.64 bits per heavy atom. The van der Waals surface area contributed by atoms with Gasteiger partial charge in [0.1, 0.15) is 5.75 Å². The highest BCUT2D eigenvalue weighted by Crippen LogP contribution is 2.15. The fourth-order valence-corrected chi connectivity index (χ4v) is 2.71. The highest BCUT2D eigenvalue weighted by molar-refractivity contribution is 7.12. The Morgan fingerprint density at radius 2 is 1.95 bits per heavy atom. The third kappa shape index (κ3) is 5.49. The maximum Gasteiger partial charge on any atom is 0.195 e. The topological polar surface area (TPSA) is 26.3 Å². The normalized spacial score (nSPS) is 11.0. The molecule has 22 heavy (non-hydrogen) atoms. The van der Waals surface area contributed by atoms with E-state index in [-0.39, 0.29) is 5.78 Å². The summed E-state index contributed by atoms with van der Waals surface area (Å²) in [6, 6.07) is 11.6. The van der Waals surface area contributed by atoms with E-state index >= 15 is 0 Å². The molecule has 0 aliphatic rings. The predicted molar refractivity (Wildman–Crippen MR) is 93.8 cm³/mol. The van der Waals surface area contributed by atoms with Crippen molar-refractivity contribution in [2.45, 2.75) is 32.6 Å². The minimum atomic E-state index is 0.0475. The number of allylic oxidation sites excluding steroid dienone is 1. The van der Waals surface area contributed by atoms with Gasteiger partial charge in [-0.2, -0.15) is 0 Å². The smallest absolute Gasteiger partial charge is 0.195 e. The highest BCUT2D eigenvalue weighted by atomic mass is 32.1. The van der Waals surface area contributed by atoms with Gasteiger partial charge < -0.3 is 4.74 Å². The van der Waals surface area contributed by atoms with Crippen LogP contribution in [0.3, 0.4) is 0 Å². The summed E-state index contributed by atoms with van der Waals surface area (Å²) in [5, 5.41) is 1.91. The molecular formula is C19H22O2S. The molecule has 0 aliphatic carbocycles. The number of unbranched alkanes of at least 4 members (excludes halogenated alkanes) is 3. The Bertz CT molecular complexity index is 582. The van der Waals surface area contributed by atoms with Crippen molar-refractivity contribution in [3.05, 3.63) is 58.3 Å². The van der Waals surface area contributed by atoms with Crippen LogP contribution >= 0.6 is 11.3 Å². The molecule has 1 heterocycles. The summed E-state index contributed by atoms with van der Waals surface area (Å²) in [4.78, 5) is 12.6. The molecule has 2 aromatic rings. The molecule has 0 saturated carbocycles. The number of rotatable bonds is 9. The number of ether oxygens (including phenoxy) is 1. The lowest BCUT2D eigenvalue weighted by atomic mass is 10.2. The lowest BCUT2D eigenvalue weighted by Gasteiger charge is -2.05. The molecule has 0 aliphatic heterocycles. The van der Waals surface area contributed by atoms with E-state index in [2.05, 4.69) is 6.92 Å². The zero-order valence-electron chi connectivity index (χ0n) is 13.0. The average molecular weight is 314 g/mol. The van der Waals surface area contributed by atoms with Crippen molar-refractivity contribution < 1.29 is 9.53 Å². The van der Waals surface area contributed by atoms with Gasteiger partial charge in [0, 0.05) is 0 Å². The Hall–Kier alpha value is -1.87. The van der Waals surface area contributed by atoms with Gasteiger partial charge in [0.2, 0.25) is 0 Å². The second-order valence-electron chi connectivity index (χ2n) is 5.15. The van der Waals surface area contributed by atoms with Gasteiger partial charge in [0.25, 0.3) is 0 Å². The third-order valence-electron chi connectivity index (χ3n) is 3.34. The first-order valence-electron chi connectivity index (χ1n) is 7.78. The van der Waals surface area contributed by atoms with E-state index in [1.807, 2.05) is 47.9 Å². The van der Waals surface area contributed by atoms with E-state index in [4.69, 9.17) is 4.74 Å². The van der Waals surface area contributed by atoms with E-state index in [9.17, 15) is 4.79 Å². The van der Waals surface area contributed by atoms with E-state index in [1.54, 1.807) is 6.08 Å². The molecule has 3 heteroatoms. The van der Waals surface area contributed by atoms with Gasteiger partial charge in [-0.1, -0.05) is 50.5 Å². The predicted octanol–water partition coefficient (Wildman–Crippen LogP) is 5.60. The summed E-state index contributed by atoms with van der Waals surface area (Å²) in [6.07, 6.45) is 8.29. The van der Waals surface area contributed by atoms with Gasteiger partial charge in [-0.25, -0.2) is 0 Å². The summed E-state index contributed by atoms with van der Waals surface area (Å²) in [6.45, 7) is 2.97. The maximum atomic E-state index is 11.9. The van der Waals surface area contributed by atoms with Gasteiger partial charge in [0.15, 0.2) is 5.78 Å². The first-order valence-corrected chi connectivity index (χ1v) is 8.66. The van der Waals surface area contributed by atoms with Crippen molar-refractivity contribution in [1.82, 2.24) is 0 Å². The van der Waals surface area contributed by atoms with E-state index in [0.29, 0.717) is 0 Å². The summed E-state index contributed by atoms with van der Waals surface area (Å²) in [7, 11) is 0. The second-order valence-corrected chi connectivity index (χ2v) is 6.10. The fourth-order valence-electron chi connectivity index (χ4n) is 2.07. The van der Waals surface area contributed by atoms with Crippen molar-refractivity contribution in [3.63, 3.8) is 0 Å². The molecule has 116 valence electrons. The van der Waals surface area contributed by atoms with Crippen LogP contribution in [0.5, 0.6) is 5.75 Å². The van der Waals surface area contributed by atoms with Gasteiger partial charge >= 0.3 is 0 Å². The Labute approximate surface area is 136 Å². The summed E-state index contributed by atoms with van der Waals surface area (Å²) in [5.41, 5.74) is 1.00. The first kappa shape index (κ1) is 16.5. The fraction of sp³-hybridized carbons (Fsp3) is 0.316. The van der Waals surface area contributed by atoms with Crippen LogP contribution < -0.4 is 4.74 Å². The molecular weight excluding hydrogens is 292 g/mol. The van der Waals surface area contributed by atoms with Crippen molar-refractivity contribution in [1.29, 1.82) is 0 Å². The number of hydrogen-bond acceptors (Lipinski definition) is 3. The Balaban J connectivity index is 1.80. The molecule has 0 spiro atoms.